The Morgan fingerprint density at radius 3 is 2.15 bits per heavy atom. The Hall–Kier alpha value is -3.46. The van der Waals surface area contributed by atoms with Crippen LogP contribution in [0.1, 0.15) is 38.5 Å². The number of nitrogens with zero attached hydrogens (tertiary/aromatic N) is 1. The number of nitrogens with two attached hydrogens (primary N) is 3. The maximum Gasteiger partial charge on any atom is 0.326 e. The van der Waals surface area contributed by atoms with Gasteiger partial charge in [0.25, 0.3) is 0 Å². The fourth-order valence-corrected chi connectivity index (χ4v) is 3.24. The molecule has 0 spiro atoms. The van der Waals surface area contributed by atoms with E-state index < -0.39 is 60.4 Å². The number of rotatable bonds is 15. The van der Waals surface area contributed by atoms with Crippen LogP contribution in [0.25, 0.3) is 0 Å². The number of carbonyl (C=O) groups is 5. The molecule has 0 aromatic carbocycles. The molecule has 0 aromatic rings. The van der Waals surface area contributed by atoms with Gasteiger partial charge in [0.1, 0.15) is 18.1 Å². The lowest BCUT2D eigenvalue weighted by molar-refractivity contribution is -0.142. The van der Waals surface area contributed by atoms with E-state index in [0.717, 1.165) is 6.42 Å². The Kier molecular flexibility index (Phi) is 12.3. The first kappa shape index (κ1) is 28.6. The number of aliphatic hydroxyl groups is 1. The van der Waals surface area contributed by atoms with Gasteiger partial charge < -0.3 is 48.7 Å². The van der Waals surface area contributed by atoms with E-state index in [1.54, 1.807) is 0 Å². The summed E-state index contributed by atoms with van der Waals surface area (Å²) in [5, 5.41) is 29.0. The zero-order valence-corrected chi connectivity index (χ0v) is 18.8. The molecule has 4 unspecified atom stereocenters. The third kappa shape index (κ3) is 10.4. The SMILES string of the molecule is NC(=O)CCC(NC(=O)C(CO)NC(=O)C1CCCN1)C(=O)NC(CCCN=C(N)N)C(=O)O. The van der Waals surface area contributed by atoms with Crippen LogP contribution in [-0.2, 0) is 24.0 Å². The largest absolute Gasteiger partial charge is 0.480 e. The highest BCUT2D eigenvalue weighted by molar-refractivity contribution is 5.94. The number of nitrogens with one attached hydrogen (secondary N) is 4. The number of carboxylic acids is 1. The number of aliphatic imine (C=N–C) groups is 1. The average molecular weight is 487 g/mol. The quantitative estimate of drug-likeness (QED) is 0.0609. The van der Waals surface area contributed by atoms with Gasteiger partial charge in [-0.25, -0.2) is 4.79 Å². The lowest BCUT2D eigenvalue weighted by atomic mass is 10.1. The first-order valence-electron chi connectivity index (χ1n) is 10.9. The molecule has 1 aliphatic rings. The van der Waals surface area contributed by atoms with Crippen molar-refractivity contribution < 1.29 is 34.2 Å². The van der Waals surface area contributed by atoms with Crippen LogP contribution in [0.3, 0.4) is 0 Å². The molecule has 0 aromatic heterocycles. The van der Waals surface area contributed by atoms with Crippen LogP contribution in [0.15, 0.2) is 4.99 Å². The molecule has 4 atom stereocenters. The predicted molar refractivity (Wildman–Crippen MR) is 120 cm³/mol. The van der Waals surface area contributed by atoms with Crippen LogP contribution in [0, 0.1) is 0 Å². The number of carbonyl (C=O) groups excluding carboxylic acids is 4. The highest BCUT2D eigenvalue weighted by atomic mass is 16.4. The van der Waals surface area contributed by atoms with Crippen molar-refractivity contribution in [2.24, 2.45) is 22.2 Å². The number of hydrogen-bond donors (Lipinski definition) is 9. The maximum absolute atomic E-state index is 12.7. The second-order valence-electron chi connectivity index (χ2n) is 7.81. The molecule has 1 aliphatic heterocycles. The number of aliphatic hydroxyl groups excluding tert-OH is 1. The Labute approximate surface area is 196 Å². The summed E-state index contributed by atoms with van der Waals surface area (Å²) in [6.07, 6.45) is 1.13. The van der Waals surface area contributed by atoms with Crippen molar-refractivity contribution in [1.82, 2.24) is 21.3 Å². The summed E-state index contributed by atoms with van der Waals surface area (Å²) in [6.45, 7) is 0.0642. The smallest absolute Gasteiger partial charge is 0.326 e. The minimum absolute atomic E-state index is 0.00193. The predicted octanol–water partition coefficient (Wildman–Crippen LogP) is -4.41. The molecule has 0 aliphatic carbocycles. The summed E-state index contributed by atoms with van der Waals surface area (Å²) >= 11 is 0. The standard InChI is InChI=1S/C19H34N8O7/c20-14(29)6-5-11(16(31)26-12(18(33)34)4-2-8-24-19(21)22)25-17(32)13(9-28)27-15(30)10-3-1-7-23-10/h10-13,23,28H,1-9H2,(H2,20,29)(H,25,32)(H,26,31)(H,27,30)(H,33,34)(H4,21,22,24). The van der Waals surface area contributed by atoms with Gasteiger partial charge in [-0.05, 0) is 38.6 Å². The first-order valence-corrected chi connectivity index (χ1v) is 10.9. The lowest BCUT2D eigenvalue weighted by Crippen LogP contribution is -2.58. The van der Waals surface area contributed by atoms with Crippen LogP contribution in [-0.4, -0.2) is 89.6 Å². The summed E-state index contributed by atoms with van der Waals surface area (Å²) < 4.78 is 0. The summed E-state index contributed by atoms with van der Waals surface area (Å²) in [5.41, 5.74) is 15.6. The van der Waals surface area contributed by atoms with Gasteiger partial charge in [-0.1, -0.05) is 0 Å². The molecule has 1 fully saturated rings. The van der Waals surface area contributed by atoms with Gasteiger partial charge in [0.15, 0.2) is 5.96 Å². The fraction of sp³-hybridized carbons (Fsp3) is 0.684. The number of guanidine groups is 1. The Morgan fingerprint density at radius 2 is 1.62 bits per heavy atom. The van der Waals surface area contributed by atoms with E-state index in [9.17, 15) is 34.2 Å². The Balaban J connectivity index is 2.81. The van der Waals surface area contributed by atoms with Crippen LogP contribution in [0.4, 0.5) is 0 Å². The molecule has 15 heteroatoms. The highest BCUT2D eigenvalue weighted by Crippen LogP contribution is 2.06. The van der Waals surface area contributed by atoms with Crippen LogP contribution in [0.5, 0.6) is 0 Å². The third-order valence-electron chi connectivity index (χ3n) is 5.06. The van der Waals surface area contributed by atoms with E-state index >= 15 is 0 Å². The molecule has 12 N–H and O–H groups in total. The number of hydrogen-bond acceptors (Lipinski definition) is 8. The zero-order valence-electron chi connectivity index (χ0n) is 18.8. The molecule has 0 radical (unpaired) electrons. The van der Waals surface area contributed by atoms with Gasteiger partial charge in [0.2, 0.25) is 23.6 Å². The lowest BCUT2D eigenvalue weighted by Gasteiger charge is -2.24. The Bertz CT molecular complexity index is 766. The Morgan fingerprint density at radius 1 is 0.971 bits per heavy atom. The molecule has 0 bridgehead atoms. The van der Waals surface area contributed by atoms with Crippen molar-refractivity contribution in [2.75, 3.05) is 19.7 Å². The second-order valence-corrected chi connectivity index (χ2v) is 7.81. The van der Waals surface area contributed by atoms with Gasteiger partial charge in [0, 0.05) is 13.0 Å². The van der Waals surface area contributed by atoms with Crippen molar-refractivity contribution in [1.29, 1.82) is 0 Å². The van der Waals surface area contributed by atoms with E-state index in [2.05, 4.69) is 26.3 Å². The van der Waals surface area contributed by atoms with Crippen molar-refractivity contribution in [2.45, 2.75) is 62.7 Å². The molecule has 0 saturated carbocycles. The van der Waals surface area contributed by atoms with Crippen LogP contribution >= 0.6 is 0 Å². The molecule has 1 heterocycles. The van der Waals surface area contributed by atoms with Gasteiger partial charge >= 0.3 is 5.97 Å². The fourth-order valence-electron chi connectivity index (χ4n) is 3.24. The number of aliphatic carboxylic acids is 1. The molecule has 4 amide bonds. The number of primary amides is 1. The molecule has 192 valence electrons. The summed E-state index contributed by atoms with van der Waals surface area (Å²) in [5.74, 6) is -4.43. The molecule has 1 saturated heterocycles. The summed E-state index contributed by atoms with van der Waals surface area (Å²) in [7, 11) is 0. The normalized spacial score (nSPS) is 17.6. The number of amides is 4. The topological polar surface area (TPSA) is 264 Å². The van der Waals surface area contributed by atoms with E-state index in [1.165, 1.54) is 0 Å². The molecule has 1 rings (SSSR count). The third-order valence-corrected chi connectivity index (χ3v) is 5.06. The summed E-state index contributed by atoms with van der Waals surface area (Å²) in [4.78, 5) is 64.1. The molecule has 15 nitrogen and oxygen atoms in total. The first-order chi connectivity index (χ1) is 16.0. The van der Waals surface area contributed by atoms with Gasteiger partial charge in [-0.3, -0.25) is 24.2 Å². The molecular weight excluding hydrogens is 452 g/mol. The van der Waals surface area contributed by atoms with E-state index in [0.29, 0.717) is 13.0 Å². The van der Waals surface area contributed by atoms with Gasteiger partial charge in [-0.15, -0.1) is 0 Å². The van der Waals surface area contributed by atoms with E-state index in [4.69, 9.17) is 17.2 Å². The number of carboxylic acid groups (broad SMARTS) is 1. The van der Waals surface area contributed by atoms with Gasteiger partial charge in [-0.2, -0.15) is 0 Å². The second kappa shape index (κ2) is 14.6. The molecule has 34 heavy (non-hydrogen) atoms. The van der Waals surface area contributed by atoms with Crippen LogP contribution in [0.2, 0.25) is 0 Å². The van der Waals surface area contributed by atoms with E-state index in [-0.39, 0.29) is 38.2 Å². The zero-order chi connectivity index (χ0) is 25.7. The van der Waals surface area contributed by atoms with Gasteiger partial charge in [0.05, 0.1) is 12.6 Å². The maximum atomic E-state index is 12.7. The van der Waals surface area contributed by atoms with E-state index in [1.807, 2.05) is 0 Å². The van der Waals surface area contributed by atoms with Crippen LogP contribution < -0.4 is 38.5 Å². The van der Waals surface area contributed by atoms with Crippen molar-refractivity contribution in [3.05, 3.63) is 0 Å². The summed E-state index contributed by atoms with van der Waals surface area (Å²) in [6, 6.07) is -4.49. The van der Waals surface area contributed by atoms with Crippen molar-refractivity contribution in [3.63, 3.8) is 0 Å². The monoisotopic (exact) mass is 486 g/mol. The highest BCUT2D eigenvalue weighted by Gasteiger charge is 2.31. The van der Waals surface area contributed by atoms with Crippen molar-refractivity contribution in [3.8, 4) is 0 Å². The minimum atomic E-state index is -1.35. The average Bonchev–Trinajstić information content (AvgIpc) is 3.31. The van der Waals surface area contributed by atoms with Crippen molar-refractivity contribution >= 4 is 35.6 Å². The molecular formula is C19H34N8O7. The minimum Gasteiger partial charge on any atom is -0.480 e.